The molecule has 0 saturated heterocycles. The minimum atomic E-state index is 0.649. The highest BCUT2D eigenvalue weighted by Crippen LogP contribution is 2.45. The van der Waals surface area contributed by atoms with Crippen molar-refractivity contribution in [3.05, 3.63) is 72.8 Å². The fourth-order valence-electron chi connectivity index (χ4n) is 3.34. The van der Waals surface area contributed by atoms with Gasteiger partial charge in [0.2, 0.25) is 0 Å². The summed E-state index contributed by atoms with van der Waals surface area (Å²) in [6.07, 6.45) is 7.73. The zero-order valence-electron chi connectivity index (χ0n) is 13.8. The number of rotatable bonds is 3. The first-order chi connectivity index (χ1) is 12.3. The number of methoxy groups -OCH3 is 1. The molecule has 2 nitrogen and oxygen atoms in total. The molecule has 0 aliphatic rings. The lowest BCUT2D eigenvalue weighted by Crippen LogP contribution is -1.94. The molecule has 0 aliphatic heterocycles. The quantitative estimate of drug-likeness (QED) is 0.454. The van der Waals surface area contributed by atoms with Crippen molar-refractivity contribution < 1.29 is 9.47 Å². The first-order valence-corrected chi connectivity index (χ1v) is 8.04. The highest BCUT2D eigenvalue weighted by molar-refractivity contribution is 6.09. The van der Waals surface area contributed by atoms with Crippen LogP contribution in [0.15, 0.2) is 72.8 Å². The second-order valence-electron chi connectivity index (χ2n) is 5.74. The van der Waals surface area contributed by atoms with E-state index in [1.54, 1.807) is 7.11 Å². The van der Waals surface area contributed by atoms with Gasteiger partial charge in [-0.25, -0.2) is 0 Å². The molecule has 0 fully saturated rings. The van der Waals surface area contributed by atoms with Crippen LogP contribution in [0.1, 0.15) is 0 Å². The van der Waals surface area contributed by atoms with Gasteiger partial charge in [0.15, 0.2) is 0 Å². The molecule has 2 heteroatoms. The maximum absolute atomic E-state index is 5.68. The average Bonchev–Trinajstić information content (AvgIpc) is 2.67. The minimum Gasteiger partial charge on any atom is -0.496 e. The summed E-state index contributed by atoms with van der Waals surface area (Å²) in [4.78, 5) is 0. The molecule has 0 radical (unpaired) electrons. The SMILES string of the molecule is C#COc1ccc2ccccc2c1-c1c(OC)ccc2ccccc12. The van der Waals surface area contributed by atoms with E-state index in [9.17, 15) is 0 Å². The Bertz CT molecular complexity index is 1120. The third-order valence-electron chi connectivity index (χ3n) is 4.42. The van der Waals surface area contributed by atoms with E-state index in [-0.39, 0.29) is 0 Å². The molecule has 4 aromatic carbocycles. The summed E-state index contributed by atoms with van der Waals surface area (Å²) in [7, 11) is 1.68. The smallest absolute Gasteiger partial charge is 0.148 e. The van der Waals surface area contributed by atoms with E-state index in [0.29, 0.717) is 5.75 Å². The first kappa shape index (κ1) is 15.1. The van der Waals surface area contributed by atoms with Gasteiger partial charge in [-0.2, -0.15) is 0 Å². The van der Waals surface area contributed by atoms with Crippen LogP contribution in [0.25, 0.3) is 32.7 Å². The topological polar surface area (TPSA) is 18.5 Å². The fraction of sp³-hybridized carbons (Fsp3) is 0.0435. The van der Waals surface area contributed by atoms with E-state index in [2.05, 4.69) is 36.4 Å². The third kappa shape index (κ3) is 2.47. The zero-order valence-corrected chi connectivity index (χ0v) is 13.8. The Kier molecular flexibility index (Phi) is 3.76. The summed E-state index contributed by atoms with van der Waals surface area (Å²) < 4.78 is 11.2. The number of terminal acetylenes is 1. The molecule has 0 amide bonds. The lowest BCUT2D eigenvalue weighted by Gasteiger charge is -2.17. The lowest BCUT2D eigenvalue weighted by atomic mass is 9.92. The van der Waals surface area contributed by atoms with Crippen molar-refractivity contribution in [3.63, 3.8) is 0 Å². The van der Waals surface area contributed by atoms with Gasteiger partial charge < -0.3 is 9.47 Å². The third-order valence-corrected chi connectivity index (χ3v) is 4.42. The number of ether oxygens (including phenoxy) is 2. The van der Waals surface area contributed by atoms with Gasteiger partial charge in [-0.15, -0.1) is 0 Å². The summed E-state index contributed by atoms with van der Waals surface area (Å²) in [6.45, 7) is 0. The van der Waals surface area contributed by atoms with Crippen molar-refractivity contribution in [2.75, 3.05) is 7.11 Å². The van der Waals surface area contributed by atoms with E-state index in [1.165, 1.54) is 0 Å². The molecular weight excluding hydrogens is 308 g/mol. The van der Waals surface area contributed by atoms with Crippen LogP contribution in [0.3, 0.4) is 0 Å². The van der Waals surface area contributed by atoms with Gasteiger partial charge in [-0.05, 0) is 33.7 Å². The number of benzene rings is 4. The van der Waals surface area contributed by atoms with Gasteiger partial charge in [0.05, 0.1) is 7.11 Å². The average molecular weight is 324 g/mol. The van der Waals surface area contributed by atoms with Gasteiger partial charge in [0, 0.05) is 11.1 Å². The molecule has 0 aromatic heterocycles. The van der Waals surface area contributed by atoms with Gasteiger partial charge in [0.1, 0.15) is 17.6 Å². The van der Waals surface area contributed by atoms with Crippen LogP contribution < -0.4 is 9.47 Å². The molecule has 120 valence electrons. The van der Waals surface area contributed by atoms with E-state index >= 15 is 0 Å². The predicted molar refractivity (Wildman–Crippen MR) is 103 cm³/mol. The van der Waals surface area contributed by atoms with Crippen molar-refractivity contribution in [3.8, 4) is 35.2 Å². The highest BCUT2D eigenvalue weighted by Gasteiger charge is 2.18. The van der Waals surface area contributed by atoms with E-state index in [1.807, 2.05) is 42.5 Å². The van der Waals surface area contributed by atoms with Crippen LogP contribution >= 0.6 is 0 Å². The predicted octanol–water partition coefficient (Wildman–Crippen LogP) is 5.64. The Morgan fingerprint density at radius 1 is 0.680 bits per heavy atom. The van der Waals surface area contributed by atoms with Gasteiger partial charge in [-0.1, -0.05) is 67.1 Å². The second kappa shape index (κ2) is 6.22. The van der Waals surface area contributed by atoms with Crippen molar-refractivity contribution in [2.24, 2.45) is 0 Å². The molecular formula is C23H16O2. The molecule has 0 spiro atoms. The molecule has 25 heavy (non-hydrogen) atoms. The number of hydrogen-bond donors (Lipinski definition) is 0. The number of hydrogen-bond acceptors (Lipinski definition) is 2. The van der Waals surface area contributed by atoms with Gasteiger partial charge in [-0.3, -0.25) is 0 Å². The molecule has 0 aliphatic carbocycles. The standard InChI is InChI=1S/C23H16O2/c1-3-25-21-15-13-17-9-5-7-11-19(17)23(21)22-18-10-6-4-8-16(18)12-14-20(22)24-2/h1,4-15H,2H3. The van der Waals surface area contributed by atoms with E-state index in [4.69, 9.17) is 15.9 Å². The normalized spacial score (nSPS) is 10.6. The van der Waals surface area contributed by atoms with Crippen molar-refractivity contribution in [2.45, 2.75) is 0 Å². The molecule has 0 unspecified atom stereocenters. The molecule has 0 N–H and O–H groups in total. The zero-order chi connectivity index (χ0) is 17.2. The number of fused-ring (bicyclic) bond motifs is 2. The molecule has 4 rings (SSSR count). The highest BCUT2D eigenvalue weighted by atomic mass is 16.5. The van der Waals surface area contributed by atoms with E-state index in [0.717, 1.165) is 38.4 Å². The molecule has 0 atom stereocenters. The summed E-state index contributed by atoms with van der Waals surface area (Å²) in [6, 6.07) is 24.4. The maximum Gasteiger partial charge on any atom is 0.148 e. The fourth-order valence-corrected chi connectivity index (χ4v) is 3.34. The Labute approximate surface area is 146 Å². The Balaban J connectivity index is 2.20. The largest absolute Gasteiger partial charge is 0.496 e. The van der Waals surface area contributed by atoms with Crippen LogP contribution in [-0.4, -0.2) is 7.11 Å². The Morgan fingerprint density at radius 3 is 1.76 bits per heavy atom. The van der Waals surface area contributed by atoms with Crippen molar-refractivity contribution in [1.82, 2.24) is 0 Å². The van der Waals surface area contributed by atoms with Crippen molar-refractivity contribution in [1.29, 1.82) is 0 Å². The van der Waals surface area contributed by atoms with Crippen LogP contribution in [0.2, 0.25) is 0 Å². The molecule has 4 aromatic rings. The minimum absolute atomic E-state index is 0.649. The summed E-state index contributed by atoms with van der Waals surface area (Å²) >= 11 is 0. The summed E-state index contributed by atoms with van der Waals surface area (Å²) in [5, 5.41) is 4.43. The lowest BCUT2D eigenvalue weighted by molar-refractivity contribution is 0.416. The first-order valence-electron chi connectivity index (χ1n) is 8.04. The van der Waals surface area contributed by atoms with Crippen molar-refractivity contribution >= 4 is 21.5 Å². The monoisotopic (exact) mass is 324 g/mol. The van der Waals surface area contributed by atoms with Crippen LogP contribution in [0.5, 0.6) is 11.5 Å². The summed E-state index contributed by atoms with van der Waals surface area (Å²) in [5.41, 5.74) is 1.94. The van der Waals surface area contributed by atoms with Crippen LogP contribution in [0.4, 0.5) is 0 Å². The Morgan fingerprint density at radius 2 is 1.20 bits per heavy atom. The molecule has 0 bridgehead atoms. The Hall–Kier alpha value is -3.44. The van der Waals surface area contributed by atoms with Gasteiger partial charge in [0.25, 0.3) is 0 Å². The second-order valence-corrected chi connectivity index (χ2v) is 5.74. The maximum atomic E-state index is 5.68. The van der Waals surface area contributed by atoms with Crippen LogP contribution in [0, 0.1) is 12.5 Å². The van der Waals surface area contributed by atoms with E-state index < -0.39 is 0 Å². The van der Waals surface area contributed by atoms with Crippen LogP contribution in [-0.2, 0) is 0 Å². The summed E-state index contributed by atoms with van der Waals surface area (Å²) in [5.74, 6) is 1.44. The molecule has 0 saturated carbocycles. The molecule has 0 heterocycles. The van der Waals surface area contributed by atoms with Gasteiger partial charge >= 0.3 is 0 Å².